The molecule has 0 nitrogen and oxygen atoms in total. The summed E-state index contributed by atoms with van der Waals surface area (Å²) in [7, 11) is -32.9. The molecule has 0 aromatic rings. The molecule has 17 heteroatoms. The van der Waals surface area contributed by atoms with E-state index in [1.54, 1.807) is 0 Å². The summed E-state index contributed by atoms with van der Waals surface area (Å²) in [4.78, 5) is -5.22. The average Bonchev–Trinajstić information content (AvgIpc) is 2.52. The van der Waals surface area contributed by atoms with Crippen LogP contribution in [0.15, 0.2) is 20.0 Å². The third kappa shape index (κ3) is 3.93. The molecule has 0 unspecified atom stereocenters. The van der Waals surface area contributed by atoms with E-state index in [4.69, 9.17) is 0 Å². The fourth-order valence-corrected chi connectivity index (χ4v) is 11.0. The Hall–Kier alpha value is -0.276. The maximum Gasteiger partial charge on any atom is 0.652 e. The van der Waals surface area contributed by atoms with Crippen molar-refractivity contribution in [2.24, 2.45) is 0 Å². The third-order valence-electron chi connectivity index (χ3n) is 2.13. The summed E-state index contributed by atoms with van der Waals surface area (Å²) in [5.41, 5.74) is 0. The lowest BCUT2D eigenvalue weighted by molar-refractivity contribution is 0.469. The predicted octanol–water partition coefficient (Wildman–Crippen LogP) is 3.76. The van der Waals surface area contributed by atoms with Crippen LogP contribution in [0.2, 0.25) is 0 Å². The minimum atomic E-state index is -7.71. The van der Waals surface area contributed by atoms with Crippen LogP contribution in [0.4, 0.5) is 49.3 Å². The molecule has 0 amide bonds. The van der Waals surface area contributed by atoms with E-state index < -0.39 is 65.9 Å². The van der Waals surface area contributed by atoms with Crippen LogP contribution in [0.25, 0.3) is 0 Å². The zero-order chi connectivity index (χ0) is 17.0. The van der Waals surface area contributed by atoms with Gasteiger partial charge in [-0.05, 0) is 0 Å². The van der Waals surface area contributed by atoms with Crippen molar-refractivity contribution in [3.63, 3.8) is 0 Å². The number of allylic oxidation sites excluding steroid dienone is 2. The molecule has 1 aliphatic heterocycles. The van der Waals surface area contributed by atoms with Crippen LogP contribution in [0, 0.1) is 0 Å². The second kappa shape index (κ2) is 5.13. The van der Waals surface area contributed by atoms with Gasteiger partial charge in [0.15, 0.2) is 0 Å². The van der Waals surface area contributed by atoms with Crippen molar-refractivity contribution in [1.82, 2.24) is 0 Å². The Labute approximate surface area is 116 Å². The van der Waals surface area contributed by atoms with Crippen molar-refractivity contribution >= 4 is 45.8 Å². The molecule has 0 aliphatic carbocycles. The SMILES string of the molecule is F[Si](F)(F)C1=C([Si](F)(F)F)C([Si](F)(F)F)=C([Si](F)(F)F)[Si]1. The van der Waals surface area contributed by atoms with Gasteiger partial charge in [0.2, 0.25) is 0 Å². The molecule has 1 heterocycles. The molecule has 1 rings (SSSR count). The van der Waals surface area contributed by atoms with Crippen LogP contribution in [0.3, 0.4) is 0 Å². The first-order valence-corrected chi connectivity index (χ1v) is 12.1. The van der Waals surface area contributed by atoms with Gasteiger partial charge in [-0.2, -0.15) is 0 Å². The standard InChI is InChI=1S/C4F12Si5/c5-18(6,7)1-2(19(8,9)10)4(21(14,15)16)17-3(1)20(11,12)13. The van der Waals surface area contributed by atoms with Gasteiger partial charge in [0.05, 0.1) is 0 Å². The number of hydrogen-bond donors (Lipinski definition) is 0. The van der Waals surface area contributed by atoms with Crippen LogP contribution in [-0.4, -0.2) is 45.8 Å². The Balaban J connectivity index is 3.73. The summed E-state index contributed by atoms with van der Waals surface area (Å²) in [5.74, 6) is 0. The average molecular weight is 416 g/mol. The Bertz CT molecular complexity index is 452. The van der Waals surface area contributed by atoms with Crippen LogP contribution in [0.1, 0.15) is 0 Å². The summed E-state index contributed by atoms with van der Waals surface area (Å²) in [5, 5.41) is -6.06. The van der Waals surface area contributed by atoms with E-state index in [-0.39, 0.29) is 0 Å². The highest BCUT2D eigenvalue weighted by molar-refractivity contribution is 6.99. The van der Waals surface area contributed by atoms with Gasteiger partial charge in [-0.15, -0.1) is 0 Å². The Morgan fingerprint density at radius 3 is 0.810 bits per heavy atom. The van der Waals surface area contributed by atoms with E-state index in [0.717, 1.165) is 0 Å². The Morgan fingerprint density at radius 2 is 0.667 bits per heavy atom. The Kier molecular flexibility index (Phi) is 4.58. The molecule has 2 radical (unpaired) electrons. The Morgan fingerprint density at radius 1 is 0.429 bits per heavy atom. The smallest absolute Gasteiger partial charge is 0.234 e. The predicted molar refractivity (Wildman–Crippen MR) is 56.1 cm³/mol. The highest BCUT2D eigenvalue weighted by Crippen LogP contribution is 2.47. The topological polar surface area (TPSA) is 0 Å². The molecule has 120 valence electrons. The minimum Gasteiger partial charge on any atom is -0.234 e. The zero-order valence-electron chi connectivity index (χ0n) is 9.04. The van der Waals surface area contributed by atoms with Crippen molar-refractivity contribution < 1.29 is 49.3 Å². The van der Waals surface area contributed by atoms with Crippen molar-refractivity contribution in [2.45, 2.75) is 0 Å². The van der Waals surface area contributed by atoms with E-state index in [1.807, 2.05) is 0 Å². The lowest BCUT2D eigenvalue weighted by Crippen LogP contribution is -2.34. The minimum absolute atomic E-state index is 2.61. The molecule has 0 saturated carbocycles. The first-order valence-electron chi connectivity index (χ1n) is 4.52. The van der Waals surface area contributed by atoms with E-state index in [0.29, 0.717) is 0 Å². The second-order valence-corrected chi connectivity index (χ2v) is 11.8. The maximum absolute atomic E-state index is 12.6. The van der Waals surface area contributed by atoms with Gasteiger partial charge >= 0.3 is 36.3 Å². The van der Waals surface area contributed by atoms with Crippen LogP contribution in [0.5, 0.6) is 0 Å². The van der Waals surface area contributed by atoms with E-state index in [9.17, 15) is 49.3 Å². The van der Waals surface area contributed by atoms with Crippen LogP contribution in [-0.2, 0) is 0 Å². The molecule has 0 N–H and O–H groups in total. The first-order chi connectivity index (χ1) is 8.97. The van der Waals surface area contributed by atoms with Crippen molar-refractivity contribution in [3.05, 3.63) is 20.0 Å². The summed E-state index contributed by atoms with van der Waals surface area (Å²) < 4.78 is 151. The number of halogens is 12. The molecule has 1 aliphatic rings. The van der Waals surface area contributed by atoms with Crippen molar-refractivity contribution in [2.75, 3.05) is 0 Å². The van der Waals surface area contributed by atoms with Gasteiger partial charge in [-0.25, -0.2) is 49.3 Å². The highest BCUT2D eigenvalue weighted by atomic mass is 28.5. The van der Waals surface area contributed by atoms with Crippen LogP contribution < -0.4 is 0 Å². The summed E-state index contributed by atoms with van der Waals surface area (Å²) in [6.45, 7) is 0. The molecule has 0 spiro atoms. The summed E-state index contributed by atoms with van der Waals surface area (Å²) in [6.07, 6.45) is 0. The fourth-order valence-electron chi connectivity index (χ4n) is 1.49. The molecule has 0 atom stereocenters. The summed E-state index contributed by atoms with van der Waals surface area (Å²) >= 11 is 0. The second-order valence-electron chi connectivity index (χ2n) is 3.62. The molecular weight excluding hydrogens is 416 g/mol. The lowest BCUT2D eigenvalue weighted by atomic mass is 10.6. The molecule has 0 aromatic heterocycles. The van der Waals surface area contributed by atoms with E-state index >= 15 is 0 Å². The molecule has 0 fully saturated rings. The zero-order valence-corrected chi connectivity index (χ0v) is 14.0. The first kappa shape index (κ1) is 18.8. The van der Waals surface area contributed by atoms with E-state index in [2.05, 4.69) is 0 Å². The van der Waals surface area contributed by atoms with Gasteiger partial charge in [0.1, 0.15) is 9.52 Å². The third-order valence-corrected chi connectivity index (χ3v) is 10.6. The monoisotopic (exact) mass is 416 g/mol. The normalized spacial score (nSPS) is 18.9. The van der Waals surface area contributed by atoms with Gasteiger partial charge in [-0.3, -0.25) is 0 Å². The van der Waals surface area contributed by atoms with Crippen LogP contribution >= 0.6 is 0 Å². The largest absolute Gasteiger partial charge is 0.652 e. The molecular formula is C4F12Si5. The van der Waals surface area contributed by atoms with Gasteiger partial charge in [0, 0.05) is 20.0 Å². The van der Waals surface area contributed by atoms with Gasteiger partial charge in [0.25, 0.3) is 0 Å². The lowest BCUT2D eigenvalue weighted by Gasteiger charge is -2.15. The molecule has 0 saturated heterocycles. The number of hydrogen-bond acceptors (Lipinski definition) is 0. The molecule has 21 heavy (non-hydrogen) atoms. The number of rotatable bonds is 4. The summed E-state index contributed by atoms with van der Waals surface area (Å²) in [6, 6.07) is 0. The van der Waals surface area contributed by atoms with Gasteiger partial charge in [-0.1, -0.05) is 0 Å². The van der Waals surface area contributed by atoms with E-state index in [1.165, 1.54) is 0 Å². The van der Waals surface area contributed by atoms with Crippen molar-refractivity contribution in [1.29, 1.82) is 0 Å². The van der Waals surface area contributed by atoms with Gasteiger partial charge < -0.3 is 0 Å². The quantitative estimate of drug-likeness (QED) is 0.372. The molecule has 0 bridgehead atoms. The van der Waals surface area contributed by atoms with Crippen molar-refractivity contribution in [3.8, 4) is 0 Å². The fraction of sp³-hybridized carbons (Fsp3) is 0. The maximum atomic E-state index is 12.6. The molecule has 0 aromatic carbocycles. The highest BCUT2D eigenvalue weighted by Gasteiger charge is 2.67.